The number of hydrogen-bond acceptors (Lipinski definition) is 3. The molecule has 0 spiro atoms. The van der Waals surface area contributed by atoms with Crippen LogP contribution in [0.4, 0.5) is 0 Å². The molecule has 0 bridgehead atoms. The zero-order chi connectivity index (χ0) is 12.4. The van der Waals surface area contributed by atoms with E-state index in [-0.39, 0.29) is 12.4 Å². The minimum absolute atomic E-state index is 0.120. The number of esters is 1. The van der Waals surface area contributed by atoms with Crippen molar-refractivity contribution in [1.82, 2.24) is 0 Å². The first-order valence-corrected chi connectivity index (χ1v) is 7.48. The highest BCUT2D eigenvalue weighted by Gasteiger charge is 2.09. The molecular weight excluding hydrogens is 319 g/mol. The normalized spacial score (nSPS) is 12.8. The number of aliphatic hydroxyl groups excluding tert-OH is 1. The fourth-order valence-corrected chi connectivity index (χ4v) is 1.63. The molecule has 96 valence electrons. The molecule has 0 fully saturated rings. The van der Waals surface area contributed by atoms with Crippen LogP contribution in [0.2, 0.25) is 0 Å². The molecule has 0 heterocycles. The number of carbonyl (C=O) groups excluding carboxylic acids is 1. The van der Waals surface area contributed by atoms with Crippen molar-refractivity contribution in [3.8, 4) is 0 Å². The summed E-state index contributed by atoms with van der Waals surface area (Å²) in [4.78, 5) is 11.2. The van der Waals surface area contributed by atoms with E-state index in [1.54, 1.807) is 0 Å². The SMILES string of the molecule is CC(C)CCCCCOC(=O)CC(O)CI. The minimum Gasteiger partial charge on any atom is -0.466 e. The van der Waals surface area contributed by atoms with Crippen molar-refractivity contribution >= 4 is 28.6 Å². The van der Waals surface area contributed by atoms with E-state index in [0.717, 1.165) is 18.8 Å². The van der Waals surface area contributed by atoms with Crippen LogP contribution in [0.25, 0.3) is 0 Å². The summed E-state index contributed by atoms with van der Waals surface area (Å²) in [6.45, 7) is 4.92. The third-order valence-electron chi connectivity index (χ3n) is 2.27. The van der Waals surface area contributed by atoms with Gasteiger partial charge in [0.25, 0.3) is 0 Å². The van der Waals surface area contributed by atoms with E-state index in [1.807, 2.05) is 0 Å². The van der Waals surface area contributed by atoms with Gasteiger partial charge in [-0.15, -0.1) is 0 Å². The molecule has 0 rings (SSSR count). The lowest BCUT2D eigenvalue weighted by Crippen LogP contribution is -2.17. The van der Waals surface area contributed by atoms with Crippen molar-refractivity contribution in [2.45, 2.75) is 52.1 Å². The molecular formula is C12H23IO3. The fraction of sp³-hybridized carbons (Fsp3) is 0.917. The molecule has 16 heavy (non-hydrogen) atoms. The van der Waals surface area contributed by atoms with Gasteiger partial charge in [-0.1, -0.05) is 55.7 Å². The molecule has 0 aromatic rings. The van der Waals surface area contributed by atoms with Crippen molar-refractivity contribution in [2.75, 3.05) is 11.0 Å². The van der Waals surface area contributed by atoms with Gasteiger partial charge < -0.3 is 9.84 Å². The van der Waals surface area contributed by atoms with E-state index in [9.17, 15) is 9.90 Å². The molecule has 0 saturated heterocycles. The topological polar surface area (TPSA) is 46.5 Å². The van der Waals surface area contributed by atoms with Crippen molar-refractivity contribution < 1.29 is 14.6 Å². The summed E-state index contributed by atoms with van der Waals surface area (Å²) in [5, 5.41) is 9.22. The third-order valence-corrected chi connectivity index (χ3v) is 3.29. The summed E-state index contributed by atoms with van der Waals surface area (Å²) in [5.74, 6) is 0.467. The quantitative estimate of drug-likeness (QED) is 0.303. The van der Waals surface area contributed by atoms with Gasteiger partial charge in [0.15, 0.2) is 0 Å². The second-order valence-electron chi connectivity index (χ2n) is 4.48. The molecule has 0 aliphatic carbocycles. The van der Waals surface area contributed by atoms with Gasteiger partial charge in [0, 0.05) is 4.43 Å². The maximum atomic E-state index is 11.2. The molecule has 1 N–H and O–H groups in total. The summed E-state index contributed by atoms with van der Waals surface area (Å²) in [6, 6.07) is 0. The zero-order valence-corrected chi connectivity index (χ0v) is 12.4. The summed E-state index contributed by atoms with van der Waals surface area (Å²) in [7, 11) is 0. The van der Waals surface area contributed by atoms with E-state index in [1.165, 1.54) is 12.8 Å². The van der Waals surface area contributed by atoms with Gasteiger partial charge >= 0.3 is 5.97 Å². The molecule has 0 saturated carbocycles. The third kappa shape index (κ3) is 10.7. The standard InChI is InChI=1S/C12H23IO3/c1-10(2)6-4-3-5-7-16-12(15)8-11(14)9-13/h10-11,14H,3-9H2,1-2H3. The number of alkyl halides is 1. The molecule has 0 radical (unpaired) electrons. The number of ether oxygens (including phenoxy) is 1. The van der Waals surface area contributed by atoms with Gasteiger partial charge in [-0.25, -0.2) is 0 Å². The van der Waals surface area contributed by atoms with Crippen molar-refractivity contribution in [1.29, 1.82) is 0 Å². The number of rotatable bonds is 9. The van der Waals surface area contributed by atoms with Crippen LogP contribution >= 0.6 is 22.6 Å². The Bertz CT molecular complexity index is 183. The Morgan fingerprint density at radius 1 is 1.31 bits per heavy atom. The van der Waals surface area contributed by atoms with Gasteiger partial charge in [0.1, 0.15) is 0 Å². The van der Waals surface area contributed by atoms with Crippen LogP contribution in [0.1, 0.15) is 46.0 Å². The zero-order valence-electron chi connectivity index (χ0n) is 10.2. The number of hydrogen-bond donors (Lipinski definition) is 1. The maximum Gasteiger partial charge on any atom is 0.308 e. The fourth-order valence-electron chi connectivity index (χ4n) is 1.32. The van der Waals surface area contributed by atoms with Crippen LogP contribution in [-0.4, -0.2) is 28.2 Å². The molecule has 0 amide bonds. The average molecular weight is 342 g/mol. The Hall–Kier alpha value is 0.160. The second kappa shape index (κ2) is 10.3. The van der Waals surface area contributed by atoms with Crippen LogP contribution in [0.15, 0.2) is 0 Å². The highest BCUT2D eigenvalue weighted by Crippen LogP contribution is 2.08. The average Bonchev–Trinajstić information content (AvgIpc) is 2.22. The van der Waals surface area contributed by atoms with Crippen LogP contribution in [0.3, 0.4) is 0 Å². The summed E-state index contributed by atoms with van der Waals surface area (Å²) in [6.07, 6.45) is 4.04. The highest BCUT2D eigenvalue weighted by molar-refractivity contribution is 14.1. The van der Waals surface area contributed by atoms with Crippen molar-refractivity contribution in [2.24, 2.45) is 5.92 Å². The lowest BCUT2D eigenvalue weighted by Gasteiger charge is -2.08. The first kappa shape index (κ1) is 16.2. The van der Waals surface area contributed by atoms with Gasteiger partial charge in [-0.3, -0.25) is 4.79 Å². The molecule has 0 aliphatic heterocycles. The number of carbonyl (C=O) groups is 1. The van der Waals surface area contributed by atoms with E-state index in [2.05, 4.69) is 36.4 Å². The maximum absolute atomic E-state index is 11.2. The van der Waals surface area contributed by atoms with Crippen LogP contribution < -0.4 is 0 Å². The molecule has 4 heteroatoms. The van der Waals surface area contributed by atoms with Gasteiger partial charge in [0.2, 0.25) is 0 Å². The smallest absolute Gasteiger partial charge is 0.308 e. The predicted molar refractivity (Wildman–Crippen MR) is 73.8 cm³/mol. The van der Waals surface area contributed by atoms with Gasteiger partial charge in [-0.2, -0.15) is 0 Å². The lowest BCUT2D eigenvalue weighted by molar-refractivity contribution is -0.145. The molecule has 1 atom stereocenters. The summed E-state index contributed by atoms with van der Waals surface area (Å²) < 4.78 is 5.59. The Morgan fingerprint density at radius 3 is 2.56 bits per heavy atom. The minimum atomic E-state index is -0.561. The first-order chi connectivity index (χ1) is 7.56. The monoisotopic (exact) mass is 342 g/mol. The Kier molecular flexibility index (Phi) is 10.4. The predicted octanol–water partition coefficient (Wildman–Crippen LogP) is 2.93. The van der Waals surface area contributed by atoms with Crippen molar-refractivity contribution in [3.63, 3.8) is 0 Å². The van der Waals surface area contributed by atoms with Gasteiger partial charge in [0.05, 0.1) is 19.1 Å². The van der Waals surface area contributed by atoms with E-state index < -0.39 is 6.10 Å². The Labute approximate surface area is 112 Å². The highest BCUT2D eigenvalue weighted by atomic mass is 127. The van der Waals surface area contributed by atoms with Crippen molar-refractivity contribution in [3.05, 3.63) is 0 Å². The summed E-state index contributed by atoms with van der Waals surface area (Å²) >= 11 is 2.05. The van der Waals surface area contributed by atoms with Gasteiger partial charge in [-0.05, 0) is 12.3 Å². The van der Waals surface area contributed by atoms with E-state index >= 15 is 0 Å². The van der Waals surface area contributed by atoms with Crippen LogP contribution in [-0.2, 0) is 9.53 Å². The molecule has 0 aliphatic rings. The Morgan fingerprint density at radius 2 is 2.00 bits per heavy atom. The van der Waals surface area contributed by atoms with Crippen LogP contribution in [0, 0.1) is 5.92 Å². The first-order valence-electron chi connectivity index (χ1n) is 5.96. The van der Waals surface area contributed by atoms with E-state index in [0.29, 0.717) is 11.0 Å². The molecule has 1 unspecified atom stereocenters. The molecule has 0 aromatic carbocycles. The van der Waals surface area contributed by atoms with E-state index in [4.69, 9.17) is 4.74 Å². The number of unbranched alkanes of at least 4 members (excludes halogenated alkanes) is 2. The molecule has 0 aromatic heterocycles. The molecule has 3 nitrogen and oxygen atoms in total. The Balaban J connectivity index is 3.28. The largest absolute Gasteiger partial charge is 0.466 e. The number of halogens is 1. The summed E-state index contributed by atoms with van der Waals surface area (Å²) in [5.41, 5.74) is 0. The number of aliphatic hydroxyl groups is 1. The lowest BCUT2D eigenvalue weighted by atomic mass is 10.1. The van der Waals surface area contributed by atoms with Crippen LogP contribution in [0.5, 0.6) is 0 Å². The second-order valence-corrected chi connectivity index (χ2v) is 5.36.